The van der Waals surface area contributed by atoms with Gasteiger partial charge in [-0.05, 0) is 33.6 Å². The number of H-pyrrole nitrogens is 1. The zero-order valence-corrected chi connectivity index (χ0v) is 11.3. The highest BCUT2D eigenvalue weighted by atomic mass is 16.6. The molecule has 1 amide bonds. The van der Waals surface area contributed by atoms with Gasteiger partial charge in [-0.2, -0.15) is 0 Å². The molecule has 1 fully saturated rings. The highest BCUT2D eigenvalue weighted by molar-refractivity contribution is 5.68. The van der Waals surface area contributed by atoms with Gasteiger partial charge in [0, 0.05) is 6.54 Å². The molecule has 0 unspecified atom stereocenters. The maximum absolute atomic E-state index is 12.1. The Bertz CT molecular complexity index is 395. The minimum absolute atomic E-state index is 0.193. The minimum Gasteiger partial charge on any atom is -0.444 e. The molecule has 1 aliphatic heterocycles. The molecule has 2 heterocycles. The Kier molecular flexibility index (Phi) is 3.59. The Morgan fingerprint density at radius 2 is 2.33 bits per heavy atom. The number of hydrogen-bond donors (Lipinski definition) is 1. The summed E-state index contributed by atoms with van der Waals surface area (Å²) >= 11 is 0. The fraction of sp³-hybridized carbons (Fsp3) is 0.692. The van der Waals surface area contributed by atoms with Gasteiger partial charge in [0.2, 0.25) is 6.33 Å². The van der Waals surface area contributed by atoms with Crippen molar-refractivity contribution in [3.8, 4) is 0 Å². The molecule has 1 aromatic heterocycles. The lowest BCUT2D eigenvalue weighted by Crippen LogP contribution is -2.47. The van der Waals surface area contributed by atoms with E-state index in [9.17, 15) is 4.79 Å². The molecule has 100 valence electrons. The molecule has 18 heavy (non-hydrogen) atoms. The number of aromatic amines is 1. The Hall–Kier alpha value is -1.52. The van der Waals surface area contributed by atoms with Crippen molar-refractivity contribution in [3.63, 3.8) is 0 Å². The number of rotatable bonds is 2. The van der Waals surface area contributed by atoms with Gasteiger partial charge in [0.05, 0.1) is 6.04 Å². The van der Waals surface area contributed by atoms with E-state index in [0.717, 1.165) is 25.9 Å². The average Bonchev–Trinajstić information content (AvgIpc) is 2.86. The van der Waals surface area contributed by atoms with Crippen molar-refractivity contribution >= 4 is 6.09 Å². The van der Waals surface area contributed by atoms with E-state index in [1.165, 1.54) is 0 Å². The molecule has 0 spiro atoms. The standard InChI is InChI=1S/C13H21N3O2/c1-13(2,3)18-12(17)16-7-4-5-11(16)9-15-8-6-14-10-15/h6,8,10-11H,4-5,7,9H2,1-3H3/p+1/t11-/m0/s1. The van der Waals surface area contributed by atoms with Crippen LogP contribution in [0, 0.1) is 0 Å². The molecule has 1 N–H and O–H groups in total. The van der Waals surface area contributed by atoms with Crippen LogP contribution < -0.4 is 4.57 Å². The largest absolute Gasteiger partial charge is 0.444 e. The van der Waals surface area contributed by atoms with Gasteiger partial charge in [-0.1, -0.05) is 0 Å². The molecule has 0 saturated carbocycles. The normalized spacial score (nSPS) is 20.2. The van der Waals surface area contributed by atoms with Crippen LogP contribution in [0.25, 0.3) is 0 Å². The number of hydrogen-bond acceptors (Lipinski definition) is 2. The fourth-order valence-corrected chi connectivity index (χ4v) is 2.26. The summed E-state index contributed by atoms with van der Waals surface area (Å²) < 4.78 is 7.50. The number of imidazole rings is 1. The molecule has 1 saturated heterocycles. The lowest BCUT2D eigenvalue weighted by Gasteiger charge is -2.27. The Morgan fingerprint density at radius 3 is 2.94 bits per heavy atom. The monoisotopic (exact) mass is 252 g/mol. The van der Waals surface area contributed by atoms with Crippen molar-refractivity contribution < 1.29 is 14.1 Å². The second-order valence-corrected chi connectivity index (χ2v) is 5.78. The average molecular weight is 252 g/mol. The van der Waals surface area contributed by atoms with Crippen molar-refractivity contribution in [2.45, 2.75) is 51.8 Å². The summed E-state index contributed by atoms with van der Waals surface area (Å²) in [6.07, 6.45) is 7.66. The van der Waals surface area contributed by atoms with Crippen LogP contribution in [0.5, 0.6) is 0 Å². The predicted octanol–water partition coefficient (Wildman–Crippen LogP) is 1.70. The number of amides is 1. The quantitative estimate of drug-likeness (QED) is 0.814. The third kappa shape index (κ3) is 3.24. The number of nitrogens with zero attached hydrogens (tertiary/aromatic N) is 2. The lowest BCUT2D eigenvalue weighted by atomic mass is 10.2. The highest BCUT2D eigenvalue weighted by Gasteiger charge is 2.33. The molecule has 5 nitrogen and oxygen atoms in total. The lowest BCUT2D eigenvalue weighted by molar-refractivity contribution is -0.699. The van der Waals surface area contributed by atoms with Crippen molar-refractivity contribution in [3.05, 3.63) is 18.7 Å². The van der Waals surface area contributed by atoms with E-state index < -0.39 is 5.60 Å². The van der Waals surface area contributed by atoms with Gasteiger partial charge < -0.3 is 9.64 Å². The highest BCUT2D eigenvalue weighted by Crippen LogP contribution is 2.20. The summed E-state index contributed by atoms with van der Waals surface area (Å²) in [4.78, 5) is 17.0. The van der Waals surface area contributed by atoms with Crippen LogP contribution in [-0.2, 0) is 11.3 Å². The number of carbonyl (C=O) groups is 1. The molecular formula is C13H22N3O2+. The zero-order valence-electron chi connectivity index (χ0n) is 11.3. The summed E-state index contributed by atoms with van der Waals surface area (Å²) in [5.41, 5.74) is -0.425. The van der Waals surface area contributed by atoms with E-state index in [2.05, 4.69) is 9.55 Å². The molecule has 1 aliphatic rings. The van der Waals surface area contributed by atoms with Crippen molar-refractivity contribution in [2.24, 2.45) is 0 Å². The van der Waals surface area contributed by atoms with Crippen molar-refractivity contribution in [1.82, 2.24) is 9.88 Å². The second-order valence-electron chi connectivity index (χ2n) is 5.78. The number of ether oxygens (including phenoxy) is 1. The van der Waals surface area contributed by atoms with E-state index in [1.54, 1.807) is 0 Å². The van der Waals surface area contributed by atoms with Crippen LogP contribution in [0.1, 0.15) is 33.6 Å². The summed E-state index contributed by atoms with van der Waals surface area (Å²) in [5, 5.41) is 0. The Balaban J connectivity index is 1.97. The first-order chi connectivity index (χ1) is 8.46. The van der Waals surface area contributed by atoms with Crippen LogP contribution in [-0.4, -0.2) is 34.2 Å². The van der Waals surface area contributed by atoms with Crippen LogP contribution in [0.2, 0.25) is 0 Å². The maximum atomic E-state index is 12.1. The maximum Gasteiger partial charge on any atom is 0.410 e. The first-order valence-corrected chi connectivity index (χ1v) is 6.47. The topological polar surface area (TPSA) is 49.2 Å². The molecule has 0 bridgehead atoms. The van der Waals surface area contributed by atoms with Gasteiger partial charge >= 0.3 is 6.09 Å². The molecule has 5 heteroatoms. The fourth-order valence-electron chi connectivity index (χ4n) is 2.26. The van der Waals surface area contributed by atoms with Gasteiger partial charge in [-0.15, -0.1) is 0 Å². The summed E-state index contributed by atoms with van der Waals surface area (Å²) in [6.45, 7) is 7.32. The number of likely N-dealkylation sites (tertiary alicyclic amines) is 1. The zero-order chi connectivity index (χ0) is 13.2. The van der Waals surface area contributed by atoms with E-state index >= 15 is 0 Å². The molecular weight excluding hydrogens is 230 g/mol. The molecule has 1 atom stereocenters. The van der Waals surface area contributed by atoms with Gasteiger partial charge in [0.15, 0.2) is 0 Å². The van der Waals surface area contributed by atoms with E-state index in [4.69, 9.17) is 4.74 Å². The van der Waals surface area contributed by atoms with Gasteiger partial charge in [0.1, 0.15) is 24.5 Å². The van der Waals surface area contributed by atoms with Crippen LogP contribution in [0.3, 0.4) is 0 Å². The van der Waals surface area contributed by atoms with Crippen molar-refractivity contribution in [2.75, 3.05) is 6.54 Å². The number of carbonyl (C=O) groups excluding carboxylic acids is 1. The molecule has 1 aromatic rings. The molecule has 0 aromatic carbocycles. The third-order valence-electron chi connectivity index (χ3n) is 3.03. The summed E-state index contributed by atoms with van der Waals surface area (Å²) in [6, 6.07) is 0.237. The van der Waals surface area contributed by atoms with E-state index in [1.807, 2.05) is 44.4 Å². The van der Waals surface area contributed by atoms with Gasteiger partial charge in [-0.3, -0.25) is 4.98 Å². The van der Waals surface area contributed by atoms with E-state index in [0.29, 0.717) is 0 Å². The number of nitrogens with one attached hydrogen (secondary N) is 1. The Labute approximate surface area is 108 Å². The van der Waals surface area contributed by atoms with Crippen LogP contribution >= 0.6 is 0 Å². The van der Waals surface area contributed by atoms with Crippen molar-refractivity contribution in [1.29, 1.82) is 0 Å². The third-order valence-corrected chi connectivity index (χ3v) is 3.03. The summed E-state index contributed by atoms with van der Waals surface area (Å²) in [7, 11) is 0. The van der Waals surface area contributed by atoms with Gasteiger partial charge in [-0.25, -0.2) is 9.36 Å². The smallest absolute Gasteiger partial charge is 0.410 e. The second kappa shape index (κ2) is 5.00. The van der Waals surface area contributed by atoms with Crippen LogP contribution in [0.4, 0.5) is 4.79 Å². The molecule has 0 radical (unpaired) electrons. The Morgan fingerprint density at radius 1 is 1.56 bits per heavy atom. The summed E-state index contributed by atoms with van der Waals surface area (Å²) in [5.74, 6) is 0. The van der Waals surface area contributed by atoms with Gasteiger partial charge in [0.25, 0.3) is 0 Å². The minimum atomic E-state index is -0.425. The molecule has 0 aliphatic carbocycles. The first kappa shape index (κ1) is 12.9. The number of aromatic nitrogens is 2. The first-order valence-electron chi connectivity index (χ1n) is 6.47. The van der Waals surface area contributed by atoms with Crippen LogP contribution in [0.15, 0.2) is 18.7 Å². The SMILES string of the molecule is CC(C)(C)OC(=O)N1CCC[C@H]1C[n+]1cc[nH]c1. The molecule has 2 rings (SSSR count). The predicted molar refractivity (Wildman–Crippen MR) is 66.9 cm³/mol. The van der Waals surface area contributed by atoms with E-state index in [-0.39, 0.29) is 12.1 Å².